The number of fused-ring (bicyclic) bond motifs is 1. The van der Waals surface area contributed by atoms with Crippen LogP contribution in [0.2, 0.25) is 0 Å². The lowest BCUT2D eigenvalue weighted by Gasteiger charge is -2.54. The lowest BCUT2D eigenvalue weighted by Crippen LogP contribution is -2.66. The second-order valence-corrected chi connectivity index (χ2v) is 10.7. The Morgan fingerprint density at radius 1 is 1.21 bits per heavy atom. The number of aromatic nitrogens is 5. The molecule has 14 heteroatoms. The largest absolute Gasteiger partial charge is 0.418 e. The number of carbonyl (C=O) groups is 1. The highest BCUT2D eigenvalue weighted by atomic mass is 19.4. The summed E-state index contributed by atoms with van der Waals surface area (Å²) < 4.78 is 55.5. The molecule has 2 aliphatic heterocycles. The minimum absolute atomic E-state index is 0.216. The summed E-state index contributed by atoms with van der Waals surface area (Å²) in [5.74, 6) is -1.02. The van der Waals surface area contributed by atoms with E-state index in [9.17, 15) is 22.4 Å². The number of anilines is 1. The van der Waals surface area contributed by atoms with Crippen molar-refractivity contribution in [2.75, 3.05) is 38.5 Å². The number of aliphatic imine (C=N–C) groups is 1. The van der Waals surface area contributed by atoms with E-state index in [4.69, 9.17) is 5.10 Å². The van der Waals surface area contributed by atoms with Crippen LogP contribution in [0, 0.1) is 5.82 Å². The summed E-state index contributed by atoms with van der Waals surface area (Å²) in [6, 6.07) is 3.75. The van der Waals surface area contributed by atoms with Crippen LogP contribution in [-0.4, -0.2) is 86.0 Å². The van der Waals surface area contributed by atoms with Crippen molar-refractivity contribution in [1.29, 1.82) is 0 Å². The van der Waals surface area contributed by atoms with Gasteiger partial charge in [-0.1, -0.05) is 0 Å². The maximum Gasteiger partial charge on any atom is 0.418 e. The topological polar surface area (TPSA) is 107 Å². The molecular weight excluding hydrogens is 554 g/mol. The molecule has 2 aliphatic rings. The van der Waals surface area contributed by atoms with Crippen molar-refractivity contribution in [2.24, 2.45) is 4.99 Å². The van der Waals surface area contributed by atoms with Gasteiger partial charge < -0.3 is 20.2 Å². The lowest BCUT2D eigenvalue weighted by atomic mass is 9.83. The third kappa shape index (κ3) is 5.22. The van der Waals surface area contributed by atoms with Gasteiger partial charge in [0.25, 0.3) is 0 Å². The van der Waals surface area contributed by atoms with Crippen LogP contribution in [0.3, 0.4) is 0 Å². The highest BCUT2D eigenvalue weighted by Crippen LogP contribution is 2.38. The fourth-order valence-electron chi connectivity index (χ4n) is 5.89. The number of urea groups is 1. The third-order valence-electron chi connectivity index (χ3n) is 8.14. The Hall–Kier alpha value is -4.33. The molecule has 0 aliphatic carbocycles. The van der Waals surface area contributed by atoms with Crippen molar-refractivity contribution in [3.63, 3.8) is 0 Å². The Morgan fingerprint density at radius 3 is 2.74 bits per heavy atom. The quantitative estimate of drug-likeness (QED) is 0.251. The number of carbonyl (C=O) groups excluding carboxylic acids is 1. The van der Waals surface area contributed by atoms with Gasteiger partial charge in [0, 0.05) is 75.2 Å². The number of aromatic amines is 1. The van der Waals surface area contributed by atoms with Crippen LogP contribution in [-0.2, 0) is 11.7 Å². The minimum Gasteiger partial charge on any atom is -0.346 e. The summed E-state index contributed by atoms with van der Waals surface area (Å²) in [4.78, 5) is 32.7. The average Bonchev–Trinajstić information content (AvgIpc) is 3.64. The molecule has 1 aromatic carbocycles. The zero-order chi connectivity index (χ0) is 29.5. The first-order valence-electron chi connectivity index (χ1n) is 13.6. The van der Waals surface area contributed by atoms with Crippen molar-refractivity contribution in [2.45, 2.75) is 37.0 Å². The lowest BCUT2D eigenvalue weighted by molar-refractivity contribution is -0.137. The second kappa shape index (κ2) is 10.8. The van der Waals surface area contributed by atoms with Crippen molar-refractivity contribution in [1.82, 2.24) is 34.5 Å². The highest BCUT2D eigenvalue weighted by Gasteiger charge is 2.48. The standard InChI is InChI=1S/C28H29F4N9O/c1-33-9-7-27(41-14-18(13-37-41)24-21-4-8-34-25(21)36-17-35-24)15-40(16-27)20-5-10-39(11-6-20)26(42)38-23-3-2-19(29)12-22(23)28(30,31)32/h2-4,8-9,12-14,17,20H,5-7,10-11,15-16H2,1H3,(H,38,42)(H,34,35,36)/b33-9-. The Morgan fingerprint density at radius 2 is 2.00 bits per heavy atom. The monoisotopic (exact) mass is 583 g/mol. The fourth-order valence-corrected chi connectivity index (χ4v) is 5.89. The number of likely N-dealkylation sites (tertiary alicyclic amines) is 2. The molecule has 5 heterocycles. The molecule has 2 amide bonds. The van der Waals surface area contributed by atoms with E-state index in [1.807, 2.05) is 35.6 Å². The van der Waals surface area contributed by atoms with Crippen LogP contribution in [0.4, 0.5) is 28.0 Å². The maximum absolute atomic E-state index is 13.4. The molecule has 0 saturated carbocycles. The highest BCUT2D eigenvalue weighted by molar-refractivity contribution is 5.91. The van der Waals surface area contributed by atoms with Crippen LogP contribution in [0.25, 0.3) is 22.3 Å². The van der Waals surface area contributed by atoms with Crippen molar-refractivity contribution in [3.8, 4) is 11.3 Å². The molecule has 0 radical (unpaired) electrons. The smallest absolute Gasteiger partial charge is 0.346 e. The summed E-state index contributed by atoms with van der Waals surface area (Å²) >= 11 is 0. The molecule has 4 aromatic rings. The van der Waals surface area contributed by atoms with E-state index in [1.54, 1.807) is 7.05 Å². The summed E-state index contributed by atoms with van der Waals surface area (Å²) in [5, 5.41) is 7.94. The first kappa shape index (κ1) is 27.8. The molecule has 3 aromatic heterocycles. The number of piperidine rings is 1. The van der Waals surface area contributed by atoms with Gasteiger partial charge in [0.1, 0.15) is 17.8 Å². The van der Waals surface area contributed by atoms with Gasteiger partial charge in [0.15, 0.2) is 0 Å². The first-order chi connectivity index (χ1) is 20.2. The van der Waals surface area contributed by atoms with Crippen molar-refractivity contribution in [3.05, 3.63) is 60.6 Å². The van der Waals surface area contributed by atoms with E-state index in [2.05, 4.69) is 30.2 Å². The van der Waals surface area contributed by atoms with Crippen LogP contribution in [0.1, 0.15) is 24.8 Å². The SMILES string of the molecule is C/N=C\CC1(n2cc(-c3ncnc4[nH]ccc34)cn2)CN(C2CCN(C(=O)Nc3ccc(F)cc3C(F)(F)F)CC2)C1. The maximum atomic E-state index is 13.4. The Balaban J connectivity index is 1.10. The number of hydrogen-bond donors (Lipinski definition) is 2. The zero-order valence-electron chi connectivity index (χ0n) is 22.8. The number of rotatable bonds is 6. The summed E-state index contributed by atoms with van der Waals surface area (Å²) in [7, 11) is 1.74. The number of alkyl halides is 3. The number of benzene rings is 1. The first-order valence-corrected chi connectivity index (χ1v) is 13.6. The number of amides is 2. The van der Waals surface area contributed by atoms with Gasteiger partial charge in [-0.05, 0) is 37.1 Å². The molecule has 0 spiro atoms. The van der Waals surface area contributed by atoms with E-state index >= 15 is 0 Å². The van der Waals surface area contributed by atoms with Crippen LogP contribution in [0.15, 0.2) is 54.2 Å². The second-order valence-electron chi connectivity index (χ2n) is 10.7. The molecule has 0 unspecified atom stereocenters. The molecule has 2 saturated heterocycles. The van der Waals surface area contributed by atoms with Gasteiger partial charge in [0.2, 0.25) is 0 Å². The molecule has 42 heavy (non-hydrogen) atoms. The summed E-state index contributed by atoms with van der Waals surface area (Å²) in [6.45, 7) is 2.27. The third-order valence-corrected chi connectivity index (χ3v) is 8.14. The summed E-state index contributed by atoms with van der Waals surface area (Å²) in [5.41, 5.74) is 0.497. The molecule has 0 bridgehead atoms. The Bertz CT molecular complexity index is 1610. The number of hydrogen-bond acceptors (Lipinski definition) is 6. The van der Waals surface area contributed by atoms with Gasteiger partial charge >= 0.3 is 12.2 Å². The van der Waals surface area contributed by atoms with Gasteiger partial charge in [-0.25, -0.2) is 19.2 Å². The van der Waals surface area contributed by atoms with E-state index < -0.39 is 29.3 Å². The Labute approximate surface area is 238 Å². The zero-order valence-corrected chi connectivity index (χ0v) is 22.8. The van der Waals surface area contributed by atoms with E-state index in [0.717, 1.165) is 47.5 Å². The molecule has 0 atom stereocenters. The van der Waals surface area contributed by atoms with Crippen molar-refractivity contribution < 1.29 is 22.4 Å². The van der Waals surface area contributed by atoms with Crippen LogP contribution < -0.4 is 5.32 Å². The van der Waals surface area contributed by atoms with Crippen molar-refractivity contribution >= 4 is 29.0 Å². The van der Waals surface area contributed by atoms with Gasteiger partial charge in [0.05, 0.1) is 28.7 Å². The minimum atomic E-state index is -4.79. The van der Waals surface area contributed by atoms with E-state index in [-0.39, 0.29) is 11.6 Å². The fraction of sp³-hybridized carbons (Fsp3) is 0.393. The molecule has 220 valence electrons. The van der Waals surface area contributed by atoms with Gasteiger partial charge in [-0.2, -0.15) is 18.3 Å². The predicted molar refractivity (Wildman–Crippen MR) is 149 cm³/mol. The van der Waals surface area contributed by atoms with Crippen LogP contribution >= 0.6 is 0 Å². The number of nitrogens with one attached hydrogen (secondary N) is 2. The molecule has 2 N–H and O–H groups in total. The van der Waals surface area contributed by atoms with E-state index in [0.29, 0.717) is 38.4 Å². The molecule has 2 fully saturated rings. The predicted octanol–water partition coefficient (Wildman–Crippen LogP) is 4.78. The number of H-pyrrole nitrogens is 1. The molecular formula is C28H29F4N9O. The normalized spacial score (nSPS) is 18.1. The van der Waals surface area contributed by atoms with Gasteiger partial charge in [-0.3, -0.25) is 9.58 Å². The Kier molecular flexibility index (Phi) is 7.17. The van der Waals surface area contributed by atoms with Crippen LogP contribution in [0.5, 0.6) is 0 Å². The number of halogens is 4. The summed E-state index contributed by atoms with van der Waals surface area (Å²) in [6.07, 6.45) is 6.33. The average molecular weight is 584 g/mol. The number of nitrogens with zero attached hydrogens (tertiary/aromatic N) is 7. The molecule has 6 rings (SSSR count). The molecule has 10 nitrogen and oxygen atoms in total. The van der Waals surface area contributed by atoms with E-state index in [1.165, 1.54) is 11.2 Å². The van der Waals surface area contributed by atoms with Gasteiger partial charge in [-0.15, -0.1) is 0 Å².